The Morgan fingerprint density at radius 2 is 1.91 bits per heavy atom. The first-order valence-corrected chi connectivity index (χ1v) is 11.6. The van der Waals surface area contributed by atoms with Gasteiger partial charge >= 0.3 is 0 Å². The number of rotatable bonds is 6. The summed E-state index contributed by atoms with van der Waals surface area (Å²) in [6.45, 7) is 6.49. The molecule has 2 aliphatic heterocycles. The van der Waals surface area contributed by atoms with Crippen LogP contribution in [0.2, 0.25) is 0 Å². The molecule has 1 unspecified atom stereocenters. The summed E-state index contributed by atoms with van der Waals surface area (Å²) in [7, 11) is 0. The van der Waals surface area contributed by atoms with E-state index in [-0.39, 0.29) is 18.4 Å². The van der Waals surface area contributed by atoms with E-state index in [4.69, 9.17) is 4.99 Å². The van der Waals surface area contributed by atoms with Gasteiger partial charge in [-0.15, -0.1) is 0 Å². The van der Waals surface area contributed by atoms with Crippen molar-refractivity contribution in [3.05, 3.63) is 65.7 Å². The molecule has 174 valence electrons. The molecule has 0 radical (unpaired) electrons. The lowest BCUT2D eigenvalue weighted by atomic mass is 10.1. The highest BCUT2D eigenvalue weighted by atomic mass is 16.2. The summed E-state index contributed by atoms with van der Waals surface area (Å²) in [5, 5.41) is 9.63. The number of carbonyl (C=O) groups excluding carboxylic acids is 2. The van der Waals surface area contributed by atoms with Gasteiger partial charge in [0.05, 0.1) is 13.1 Å². The highest BCUT2D eigenvalue weighted by molar-refractivity contribution is 5.97. The van der Waals surface area contributed by atoms with Gasteiger partial charge in [-0.1, -0.05) is 30.3 Å². The van der Waals surface area contributed by atoms with Crippen LogP contribution in [0.4, 0.5) is 5.69 Å². The number of carbonyl (C=O) groups is 2. The van der Waals surface area contributed by atoms with Gasteiger partial charge in [0.1, 0.15) is 0 Å². The minimum atomic E-state index is -0.113. The lowest BCUT2D eigenvalue weighted by Gasteiger charge is -2.26. The minimum Gasteiger partial charge on any atom is -0.369 e. The molecule has 33 heavy (non-hydrogen) atoms. The number of piperazine rings is 1. The predicted molar refractivity (Wildman–Crippen MR) is 130 cm³/mol. The fourth-order valence-electron chi connectivity index (χ4n) is 4.18. The van der Waals surface area contributed by atoms with E-state index in [0.717, 1.165) is 37.6 Å². The number of guanidine groups is 1. The molecule has 2 aliphatic rings. The Balaban J connectivity index is 1.33. The van der Waals surface area contributed by atoms with Gasteiger partial charge < -0.3 is 25.8 Å². The first-order valence-electron chi connectivity index (χ1n) is 11.6. The molecular formula is C25H32N6O2. The van der Waals surface area contributed by atoms with Gasteiger partial charge in [0.25, 0.3) is 5.91 Å². The van der Waals surface area contributed by atoms with Gasteiger partial charge in [0.2, 0.25) is 5.91 Å². The average Bonchev–Trinajstić information content (AvgIpc) is 3.32. The number of aliphatic imine (C=N–C) groups is 1. The van der Waals surface area contributed by atoms with Crippen LogP contribution in [-0.4, -0.2) is 68.0 Å². The number of nitrogens with one attached hydrogen (secondary N) is 3. The quantitative estimate of drug-likeness (QED) is 0.461. The third kappa shape index (κ3) is 6.03. The third-order valence-corrected chi connectivity index (χ3v) is 5.94. The Morgan fingerprint density at radius 1 is 1.12 bits per heavy atom. The molecular weight excluding hydrogens is 416 g/mol. The van der Waals surface area contributed by atoms with E-state index < -0.39 is 0 Å². The highest BCUT2D eigenvalue weighted by Crippen LogP contribution is 2.19. The zero-order valence-corrected chi connectivity index (χ0v) is 19.1. The summed E-state index contributed by atoms with van der Waals surface area (Å²) in [6.07, 6.45) is 1.06. The molecule has 4 rings (SSSR count). The minimum absolute atomic E-state index is 0.112. The molecule has 1 atom stereocenters. The van der Waals surface area contributed by atoms with Crippen molar-refractivity contribution in [1.82, 2.24) is 20.9 Å². The van der Waals surface area contributed by atoms with Crippen LogP contribution >= 0.6 is 0 Å². The molecule has 0 bridgehead atoms. The molecule has 2 amide bonds. The maximum atomic E-state index is 12.6. The van der Waals surface area contributed by atoms with E-state index in [9.17, 15) is 9.59 Å². The van der Waals surface area contributed by atoms with Crippen LogP contribution in [0.5, 0.6) is 0 Å². The second-order valence-corrected chi connectivity index (χ2v) is 8.38. The molecule has 2 fully saturated rings. The SMILES string of the molecule is CCNC(=NCc1ccc(C(=O)N2CCNC(=O)C2)cc1)NC1CCN(c2ccccc2)C1. The Labute approximate surface area is 195 Å². The normalized spacial score (nSPS) is 18.8. The van der Waals surface area contributed by atoms with Crippen molar-refractivity contribution in [2.75, 3.05) is 44.2 Å². The predicted octanol–water partition coefficient (Wildman–Crippen LogP) is 1.59. The van der Waals surface area contributed by atoms with Gasteiger partial charge in [-0.3, -0.25) is 9.59 Å². The summed E-state index contributed by atoms with van der Waals surface area (Å²) in [6, 6.07) is 18.3. The molecule has 8 heteroatoms. The number of hydrogen-bond donors (Lipinski definition) is 3. The Morgan fingerprint density at radius 3 is 2.64 bits per heavy atom. The van der Waals surface area contributed by atoms with Gasteiger partial charge in [-0.25, -0.2) is 4.99 Å². The van der Waals surface area contributed by atoms with E-state index in [1.54, 1.807) is 4.90 Å². The summed E-state index contributed by atoms with van der Waals surface area (Å²) >= 11 is 0. The summed E-state index contributed by atoms with van der Waals surface area (Å²) < 4.78 is 0. The van der Waals surface area contributed by atoms with Crippen molar-refractivity contribution in [3.8, 4) is 0 Å². The van der Waals surface area contributed by atoms with Crippen molar-refractivity contribution in [2.45, 2.75) is 25.9 Å². The number of hydrogen-bond acceptors (Lipinski definition) is 4. The third-order valence-electron chi connectivity index (χ3n) is 5.94. The molecule has 8 nitrogen and oxygen atoms in total. The van der Waals surface area contributed by atoms with Crippen molar-refractivity contribution in [1.29, 1.82) is 0 Å². The molecule has 2 aromatic rings. The van der Waals surface area contributed by atoms with Crippen molar-refractivity contribution < 1.29 is 9.59 Å². The molecule has 0 spiro atoms. The van der Waals surface area contributed by atoms with Crippen LogP contribution in [0.15, 0.2) is 59.6 Å². The zero-order chi connectivity index (χ0) is 23.0. The maximum absolute atomic E-state index is 12.6. The second kappa shape index (κ2) is 10.8. The van der Waals surface area contributed by atoms with E-state index in [2.05, 4.69) is 52.0 Å². The average molecular weight is 449 g/mol. The van der Waals surface area contributed by atoms with Gasteiger partial charge in [0.15, 0.2) is 5.96 Å². The molecule has 3 N–H and O–H groups in total. The summed E-state index contributed by atoms with van der Waals surface area (Å²) in [5.74, 6) is 0.578. The fourth-order valence-corrected chi connectivity index (χ4v) is 4.18. The molecule has 2 aromatic carbocycles. The zero-order valence-electron chi connectivity index (χ0n) is 19.1. The number of anilines is 1. The first kappa shape index (κ1) is 22.6. The van der Waals surface area contributed by atoms with Crippen LogP contribution < -0.4 is 20.9 Å². The summed E-state index contributed by atoms with van der Waals surface area (Å²) in [5.41, 5.74) is 2.87. The standard InChI is InChI=1S/C25H32N6O2/c1-2-26-25(29-21-12-14-30(17-21)22-6-4-3-5-7-22)28-16-19-8-10-20(11-9-19)24(33)31-15-13-27-23(32)18-31/h3-11,21H,2,12-18H2,1H3,(H,27,32)(H2,26,28,29). The Hall–Kier alpha value is -3.55. The molecule has 2 saturated heterocycles. The number of benzene rings is 2. The first-order chi connectivity index (χ1) is 16.1. The van der Waals surface area contributed by atoms with E-state index in [1.165, 1.54) is 5.69 Å². The fraction of sp³-hybridized carbons (Fsp3) is 0.400. The van der Waals surface area contributed by atoms with Crippen LogP contribution in [-0.2, 0) is 11.3 Å². The van der Waals surface area contributed by atoms with E-state index >= 15 is 0 Å². The highest BCUT2D eigenvalue weighted by Gasteiger charge is 2.24. The number of amides is 2. The van der Waals surface area contributed by atoms with Crippen LogP contribution in [0.1, 0.15) is 29.3 Å². The van der Waals surface area contributed by atoms with Gasteiger partial charge in [-0.2, -0.15) is 0 Å². The molecule has 0 saturated carbocycles. The van der Waals surface area contributed by atoms with Crippen molar-refractivity contribution >= 4 is 23.5 Å². The number of para-hydroxylation sites is 1. The Bertz CT molecular complexity index is 976. The lowest BCUT2D eigenvalue weighted by molar-refractivity contribution is -0.123. The molecule has 0 aliphatic carbocycles. The maximum Gasteiger partial charge on any atom is 0.254 e. The largest absolute Gasteiger partial charge is 0.369 e. The van der Waals surface area contributed by atoms with Crippen molar-refractivity contribution in [3.63, 3.8) is 0 Å². The monoisotopic (exact) mass is 448 g/mol. The smallest absolute Gasteiger partial charge is 0.254 e. The van der Waals surface area contributed by atoms with Crippen LogP contribution in [0.25, 0.3) is 0 Å². The second-order valence-electron chi connectivity index (χ2n) is 8.38. The van der Waals surface area contributed by atoms with Crippen LogP contribution in [0, 0.1) is 0 Å². The Kier molecular flexibility index (Phi) is 7.44. The molecule has 2 heterocycles. The topological polar surface area (TPSA) is 89.1 Å². The van der Waals surface area contributed by atoms with E-state index in [1.807, 2.05) is 30.3 Å². The number of nitrogens with zero attached hydrogens (tertiary/aromatic N) is 3. The lowest BCUT2D eigenvalue weighted by Crippen LogP contribution is -2.49. The van der Waals surface area contributed by atoms with E-state index in [0.29, 0.717) is 31.2 Å². The molecule has 0 aromatic heterocycles. The van der Waals surface area contributed by atoms with Crippen LogP contribution in [0.3, 0.4) is 0 Å². The summed E-state index contributed by atoms with van der Waals surface area (Å²) in [4.78, 5) is 32.9. The van der Waals surface area contributed by atoms with Gasteiger partial charge in [0, 0.05) is 50.0 Å². The van der Waals surface area contributed by atoms with Crippen molar-refractivity contribution in [2.24, 2.45) is 4.99 Å². The van der Waals surface area contributed by atoms with Gasteiger partial charge in [-0.05, 0) is 43.2 Å².